The first-order valence-electron chi connectivity index (χ1n) is 6.69. The molecule has 0 saturated heterocycles. The van der Waals surface area contributed by atoms with Crippen LogP contribution in [0.3, 0.4) is 0 Å². The molecule has 2 N–H and O–H groups in total. The first-order valence-corrected chi connectivity index (χ1v) is 8.24. The predicted molar refractivity (Wildman–Crippen MR) is 81.3 cm³/mol. The van der Waals surface area contributed by atoms with Crippen molar-refractivity contribution in [3.63, 3.8) is 0 Å². The van der Waals surface area contributed by atoms with E-state index in [9.17, 15) is 17.2 Å². The minimum atomic E-state index is -4.20. The molecule has 0 aliphatic heterocycles. The van der Waals surface area contributed by atoms with Crippen molar-refractivity contribution in [3.05, 3.63) is 54.3 Å². The normalized spacial score (nSPS) is 11.6. The number of rotatable bonds is 4. The topological polar surface area (TPSA) is 99.1 Å². The van der Waals surface area contributed by atoms with Crippen LogP contribution in [0, 0.1) is 5.82 Å². The zero-order chi connectivity index (χ0) is 17.3. The molecule has 9 heteroatoms. The Kier molecular flexibility index (Phi) is 4.12. The molecule has 0 aliphatic rings. The fourth-order valence-electron chi connectivity index (χ4n) is 2.30. The molecule has 0 bridgehead atoms. The summed E-state index contributed by atoms with van der Waals surface area (Å²) in [5.41, 5.74) is 1.27. The lowest BCUT2D eigenvalue weighted by atomic mass is 10.00. The van der Waals surface area contributed by atoms with Gasteiger partial charge in [0.15, 0.2) is 12.4 Å². The number of primary sulfonamides is 1. The van der Waals surface area contributed by atoms with Crippen LogP contribution < -0.4 is 5.14 Å². The number of alkyl halides is 1. The summed E-state index contributed by atoms with van der Waals surface area (Å²) in [5.74, 6) is -1.14. The highest BCUT2D eigenvalue weighted by Gasteiger charge is 2.22. The third-order valence-electron chi connectivity index (χ3n) is 3.35. The number of pyridine rings is 1. The van der Waals surface area contributed by atoms with Gasteiger partial charge in [-0.15, -0.1) is 0 Å². The quantitative estimate of drug-likeness (QED) is 0.779. The molecule has 2 aromatic heterocycles. The van der Waals surface area contributed by atoms with E-state index in [2.05, 4.69) is 10.1 Å². The lowest BCUT2D eigenvalue weighted by Crippen LogP contribution is -2.13. The van der Waals surface area contributed by atoms with Gasteiger partial charge in [-0.3, -0.25) is 4.98 Å². The molecular weight excluding hydrogens is 340 g/mol. The summed E-state index contributed by atoms with van der Waals surface area (Å²) in [6, 6.07) is 6.63. The van der Waals surface area contributed by atoms with E-state index in [1.54, 1.807) is 18.3 Å². The Hall–Kier alpha value is -2.65. The maximum Gasteiger partial charge on any atom is 0.240 e. The van der Waals surface area contributed by atoms with Crippen molar-refractivity contribution < 1.29 is 21.7 Å². The van der Waals surface area contributed by atoms with Crippen LogP contribution in [0.5, 0.6) is 0 Å². The summed E-state index contributed by atoms with van der Waals surface area (Å²) in [7, 11) is -4.20. The third kappa shape index (κ3) is 2.91. The Balaban J connectivity index is 2.20. The van der Waals surface area contributed by atoms with E-state index in [-0.39, 0.29) is 22.6 Å². The molecule has 3 rings (SSSR count). The fraction of sp³-hybridized carbons (Fsp3) is 0.0667. The fourth-order valence-corrected chi connectivity index (χ4v) is 2.89. The Morgan fingerprint density at radius 3 is 2.58 bits per heavy atom. The number of hydrogen-bond acceptors (Lipinski definition) is 5. The van der Waals surface area contributed by atoms with Crippen molar-refractivity contribution >= 4 is 10.0 Å². The molecule has 3 aromatic rings. The summed E-state index contributed by atoms with van der Waals surface area (Å²) < 4.78 is 54.9. The van der Waals surface area contributed by atoms with Crippen molar-refractivity contribution in [2.45, 2.75) is 11.6 Å². The van der Waals surface area contributed by atoms with Gasteiger partial charge in [-0.1, -0.05) is 11.2 Å². The highest BCUT2D eigenvalue weighted by Crippen LogP contribution is 2.35. The summed E-state index contributed by atoms with van der Waals surface area (Å²) in [6.45, 7) is -0.957. The van der Waals surface area contributed by atoms with Gasteiger partial charge < -0.3 is 4.52 Å². The van der Waals surface area contributed by atoms with E-state index in [4.69, 9.17) is 9.66 Å². The largest absolute Gasteiger partial charge is 0.357 e. The molecule has 0 saturated carbocycles. The smallest absolute Gasteiger partial charge is 0.240 e. The molecule has 124 valence electrons. The van der Waals surface area contributed by atoms with E-state index in [1.165, 1.54) is 12.3 Å². The van der Waals surface area contributed by atoms with Crippen LogP contribution >= 0.6 is 0 Å². The van der Waals surface area contributed by atoms with E-state index >= 15 is 0 Å². The molecule has 0 fully saturated rings. The van der Waals surface area contributed by atoms with Crippen molar-refractivity contribution in [1.29, 1.82) is 0 Å². The van der Waals surface area contributed by atoms with Gasteiger partial charge in [-0.05, 0) is 29.8 Å². The first-order chi connectivity index (χ1) is 11.4. The van der Waals surface area contributed by atoms with Crippen LogP contribution in [-0.2, 0) is 16.7 Å². The van der Waals surface area contributed by atoms with Crippen molar-refractivity contribution in [3.8, 4) is 22.4 Å². The minimum absolute atomic E-state index is 0.100. The number of aromatic nitrogens is 2. The van der Waals surface area contributed by atoms with Crippen LogP contribution in [0.2, 0.25) is 0 Å². The van der Waals surface area contributed by atoms with Gasteiger partial charge in [-0.25, -0.2) is 22.3 Å². The monoisotopic (exact) mass is 351 g/mol. The van der Waals surface area contributed by atoms with Crippen LogP contribution in [-0.4, -0.2) is 18.6 Å². The maximum absolute atomic E-state index is 14.1. The zero-order valence-electron chi connectivity index (χ0n) is 12.1. The van der Waals surface area contributed by atoms with E-state index in [0.29, 0.717) is 5.56 Å². The van der Waals surface area contributed by atoms with Crippen molar-refractivity contribution in [2.75, 3.05) is 0 Å². The Morgan fingerprint density at radius 2 is 2.00 bits per heavy atom. The van der Waals surface area contributed by atoms with Gasteiger partial charge in [0.2, 0.25) is 10.0 Å². The maximum atomic E-state index is 14.1. The summed E-state index contributed by atoms with van der Waals surface area (Å²) in [4.78, 5) is 3.30. The van der Waals surface area contributed by atoms with E-state index in [1.807, 2.05) is 0 Å². The number of hydrogen-bond donors (Lipinski definition) is 1. The highest BCUT2D eigenvalue weighted by atomic mass is 32.2. The van der Waals surface area contributed by atoms with Crippen LogP contribution in [0.4, 0.5) is 8.78 Å². The summed E-state index contributed by atoms with van der Waals surface area (Å²) in [5, 5.41) is 8.75. The number of halogens is 2. The van der Waals surface area contributed by atoms with E-state index in [0.717, 1.165) is 12.1 Å². The second kappa shape index (κ2) is 6.10. The summed E-state index contributed by atoms with van der Waals surface area (Å²) in [6.07, 6.45) is 3.05. The average molecular weight is 351 g/mol. The lowest BCUT2D eigenvalue weighted by Gasteiger charge is -2.06. The van der Waals surface area contributed by atoms with Crippen molar-refractivity contribution in [1.82, 2.24) is 10.1 Å². The molecule has 0 aliphatic carbocycles. The Morgan fingerprint density at radius 1 is 1.21 bits per heavy atom. The van der Waals surface area contributed by atoms with E-state index < -0.39 is 27.4 Å². The third-order valence-corrected chi connectivity index (χ3v) is 4.29. The summed E-state index contributed by atoms with van der Waals surface area (Å²) >= 11 is 0. The molecule has 0 radical (unpaired) electrons. The molecule has 6 nitrogen and oxygen atoms in total. The molecular formula is C15H11F2N3O3S. The predicted octanol–water partition coefficient (Wildman–Crippen LogP) is 2.66. The molecule has 0 unspecified atom stereocenters. The van der Waals surface area contributed by atoms with Gasteiger partial charge in [0.05, 0.1) is 5.56 Å². The van der Waals surface area contributed by atoms with Gasteiger partial charge in [0.25, 0.3) is 0 Å². The van der Waals surface area contributed by atoms with Crippen LogP contribution in [0.25, 0.3) is 22.4 Å². The number of nitrogens with zero attached hydrogens (tertiary/aromatic N) is 2. The molecule has 1 aromatic carbocycles. The first kappa shape index (κ1) is 16.2. The van der Waals surface area contributed by atoms with Crippen LogP contribution in [0.1, 0.15) is 5.76 Å². The average Bonchev–Trinajstić information content (AvgIpc) is 2.98. The molecule has 0 spiro atoms. The van der Waals surface area contributed by atoms with Crippen LogP contribution in [0.15, 0.2) is 52.1 Å². The van der Waals surface area contributed by atoms with Crippen molar-refractivity contribution in [2.24, 2.45) is 5.14 Å². The minimum Gasteiger partial charge on any atom is -0.357 e. The molecule has 0 atom stereocenters. The Bertz CT molecular complexity index is 988. The molecule has 24 heavy (non-hydrogen) atoms. The number of nitrogens with two attached hydrogens (primary N) is 1. The standard InChI is InChI=1S/C15H11F2N3O3S/c16-7-12-14(15(20-23-12)10-2-1-5-19-8-10)9-3-4-13(11(17)6-9)24(18,21)22/h1-6,8H,7H2,(H2,18,21,22). The lowest BCUT2D eigenvalue weighted by molar-refractivity contribution is 0.332. The number of sulfonamides is 1. The van der Waals surface area contributed by atoms with Gasteiger partial charge >= 0.3 is 0 Å². The second-order valence-corrected chi connectivity index (χ2v) is 6.42. The Labute approximate surface area is 136 Å². The molecule has 2 heterocycles. The second-order valence-electron chi connectivity index (χ2n) is 4.89. The molecule has 0 amide bonds. The number of benzene rings is 1. The van der Waals surface area contributed by atoms with Gasteiger partial charge in [0.1, 0.15) is 16.4 Å². The zero-order valence-corrected chi connectivity index (χ0v) is 12.9. The van der Waals surface area contributed by atoms with Gasteiger partial charge in [0, 0.05) is 18.0 Å². The SMILES string of the molecule is NS(=O)(=O)c1ccc(-c2c(-c3cccnc3)noc2CF)cc1F. The highest BCUT2D eigenvalue weighted by molar-refractivity contribution is 7.89. The van der Waals surface area contributed by atoms with Gasteiger partial charge in [-0.2, -0.15) is 0 Å².